The number of aromatic nitrogens is 2. The molecule has 0 aromatic carbocycles. The van der Waals surface area contributed by atoms with E-state index < -0.39 is 0 Å². The zero-order valence-electron chi connectivity index (χ0n) is 10.1. The number of anilines is 1. The fraction of sp³-hybridized carbons (Fsp3) is 0.750. The topological polar surface area (TPSA) is 33.1 Å². The van der Waals surface area contributed by atoms with Crippen molar-refractivity contribution in [3.63, 3.8) is 0 Å². The maximum absolute atomic E-state index is 4.55. The summed E-state index contributed by atoms with van der Waals surface area (Å²) >= 11 is 0. The number of hydrogen-bond acceptors (Lipinski definition) is 3. The maximum atomic E-state index is 4.55. The van der Waals surface area contributed by atoms with E-state index >= 15 is 0 Å². The number of aryl methyl sites for hydroxylation is 1. The Hall–Kier alpha value is -1.03. The van der Waals surface area contributed by atoms with Crippen molar-refractivity contribution in [2.75, 3.05) is 25.5 Å². The Kier molecular flexibility index (Phi) is 2.39. The van der Waals surface area contributed by atoms with Gasteiger partial charge in [-0.05, 0) is 32.9 Å². The largest absolute Gasteiger partial charge is 0.366 e. The van der Waals surface area contributed by atoms with Crippen LogP contribution >= 0.6 is 0 Å². The van der Waals surface area contributed by atoms with Gasteiger partial charge >= 0.3 is 0 Å². The average Bonchev–Trinajstić information content (AvgIpc) is 2.82. The molecule has 4 heteroatoms. The number of rotatable bonds is 3. The van der Waals surface area contributed by atoms with Crippen LogP contribution in [-0.4, -0.2) is 40.9 Å². The van der Waals surface area contributed by atoms with Crippen molar-refractivity contribution >= 4 is 5.82 Å². The minimum absolute atomic E-state index is 0.664. The van der Waals surface area contributed by atoms with Crippen LogP contribution in [0.5, 0.6) is 0 Å². The van der Waals surface area contributed by atoms with Gasteiger partial charge in [-0.25, -0.2) is 0 Å². The molecule has 88 valence electrons. The fourth-order valence-electron chi connectivity index (χ4n) is 2.55. The Balaban J connectivity index is 1.75. The molecule has 1 N–H and O–H groups in total. The lowest BCUT2D eigenvalue weighted by Crippen LogP contribution is -2.14. The highest BCUT2D eigenvalue weighted by molar-refractivity contribution is 5.39. The van der Waals surface area contributed by atoms with Gasteiger partial charge < -0.3 is 10.2 Å². The van der Waals surface area contributed by atoms with Gasteiger partial charge in [0.05, 0.1) is 0 Å². The van der Waals surface area contributed by atoms with Crippen molar-refractivity contribution in [2.45, 2.75) is 31.2 Å². The monoisotopic (exact) mass is 220 g/mol. The molecule has 1 unspecified atom stereocenters. The number of nitrogens with one attached hydrogen (secondary N) is 1. The van der Waals surface area contributed by atoms with Crippen molar-refractivity contribution in [2.24, 2.45) is 7.05 Å². The van der Waals surface area contributed by atoms with Gasteiger partial charge in [-0.1, -0.05) is 0 Å². The lowest BCUT2D eigenvalue weighted by molar-refractivity contribution is 0.409. The van der Waals surface area contributed by atoms with Crippen LogP contribution in [0.4, 0.5) is 5.82 Å². The fourth-order valence-corrected chi connectivity index (χ4v) is 2.55. The van der Waals surface area contributed by atoms with Crippen LogP contribution in [0.25, 0.3) is 0 Å². The predicted octanol–water partition coefficient (Wildman–Crippen LogP) is 1.41. The Morgan fingerprint density at radius 3 is 2.75 bits per heavy atom. The van der Waals surface area contributed by atoms with Crippen LogP contribution in [0.15, 0.2) is 6.07 Å². The van der Waals surface area contributed by atoms with E-state index in [9.17, 15) is 0 Å². The van der Waals surface area contributed by atoms with Crippen molar-refractivity contribution in [1.29, 1.82) is 0 Å². The molecule has 3 rings (SSSR count). The molecule has 1 saturated heterocycles. The Morgan fingerprint density at radius 2 is 2.12 bits per heavy atom. The molecular formula is C12H20N4. The van der Waals surface area contributed by atoms with Gasteiger partial charge in [0.2, 0.25) is 0 Å². The molecule has 2 fully saturated rings. The molecule has 2 aliphatic rings. The highest BCUT2D eigenvalue weighted by Gasteiger charge is 2.26. The summed E-state index contributed by atoms with van der Waals surface area (Å²) in [6, 6.07) is 2.93. The molecule has 1 aromatic rings. The molecule has 0 radical (unpaired) electrons. The van der Waals surface area contributed by atoms with Crippen LogP contribution in [0.1, 0.15) is 30.9 Å². The van der Waals surface area contributed by atoms with Crippen molar-refractivity contribution in [3.8, 4) is 0 Å². The van der Waals surface area contributed by atoms with Crippen molar-refractivity contribution < 1.29 is 0 Å². The van der Waals surface area contributed by atoms with Gasteiger partial charge in [0, 0.05) is 37.3 Å². The van der Waals surface area contributed by atoms with Crippen LogP contribution in [0, 0.1) is 0 Å². The SMILES string of the molecule is CN1CCC(c2cc(NC3CC3)nn2C)C1. The second-order valence-corrected chi connectivity index (χ2v) is 5.24. The summed E-state index contributed by atoms with van der Waals surface area (Å²) in [5.41, 5.74) is 1.38. The third-order valence-electron chi connectivity index (χ3n) is 3.65. The molecule has 2 heterocycles. The number of hydrogen-bond donors (Lipinski definition) is 1. The first-order chi connectivity index (χ1) is 7.72. The van der Waals surface area contributed by atoms with Gasteiger partial charge in [-0.3, -0.25) is 4.68 Å². The first-order valence-electron chi connectivity index (χ1n) is 6.21. The second-order valence-electron chi connectivity index (χ2n) is 5.24. The first-order valence-corrected chi connectivity index (χ1v) is 6.21. The Labute approximate surface area is 96.6 Å². The van der Waals surface area contributed by atoms with Crippen molar-refractivity contribution in [3.05, 3.63) is 11.8 Å². The summed E-state index contributed by atoms with van der Waals surface area (Å²) in [6.45, 7) is 2.38. The maximum Gasteiger partial charge on any atom is 0.148 e. The lowest BCUT2D eigenvalue weighted by Gasteiger charge is -2.09. The molecular weight excluding hydrogens is 200 g/mol. The predicted molar refractivity (Wildman–Crippen MR) is 64.7 cm³/mol. The molecule has 0 amide bonds. The minimum atomic E-state index is 0.664. The van der Waals surface area contributed by atoms with Crippen LogP contribution in [-0.2, 0) is 7.05 Å². The van der Waals surface area contributed by atoms with Crippen LogP contribution < -0.4 is 5.32 Å². The Morgan fingerprint density at radius 1 is 1.31 bits per heavy atom. The van der Waals surface area contributed by atoms with Gasteiger partial charge in [0.25, 0.3) is 0 Å². The minimum Gasteiger partial charge on any atom is -0.366 e. The summed E-state index contributed by atoms with van der Waals surface area (Å²) in [4.78, 5) is 2.39. The first kappa shape index (κ1) is 10.1. The number of nitrogens with zero attached hydrogens (tertiary/aromatic N) is 3. The molecule has 1 atom stereocenters. The Bertz CT molecular complexity index is 380. The molecule has 1 saturated carbocycles. The van der Waals surface area contributed by atoms with Gasteiger partial charge in [-0.2, -0.15) is 5.10 Å². The quantitative estimate of drug-likeness (QED) is 0.836. The summed E-state index contributed by atoms with van der Waals surface area (Å²) in [5.74, 6) is 1.73. The third-order valence-corrected chi connectivity index (χ3v) is 3.65. The molecule has 1 aromatic heterocycles. The molecule has 0 spiro atoms. The number of likely N-dealkylation sites (N-methyl/N-ethyl adjacent to an activating group) is 1. The van der Waals surface area contributed by atoms with Gasteiger partial charge in [0.15, 0.2) is 0 Å². The van der Waals surface area contributed by atoms with E-state index in [0.29, 0.717) is 12.0 Å². The second kappa shape index (κ2) is 3.77. The highest BCUT2D eigenvalue weighted by Crippen LogP contribution is 2.29. The molecule has 0 bridgehead atoms. The normalized spacial score (nSPS) is 26.2. The van der Waals surface area contributed by atoms with Crippen LogP contribution in [0.2, 0.25) is 0 Å². The van der Waals surface area contributed by atoms with E-state index in [1.807, 2.05) is 0 Å². The lowest BCUT2D eigenvalue weighted by atomic mass is 10.1. The van der Waals surface area contributed by atoms with E-state index in [2.05, 4.69) is 40.2 Å². The van der Waals surface area contributed by atoms with E-state index in [-0.39, 0.29) is 0 Å². The smallest absolute Gasteiger partial charge is 0.148 e. The van der Waals surface area contributed by atoms with Crippen molar-refractivity contribution in [1.82, 2.24) is 14.7 Å². The van der Waals surface area contributed by atoms with Crippen LogP contribution in [0.3, 0.4) is 0 Å². The summed E-state index contributed by atoms with van der Waals surface area (Å²) in [5, 5.41) is 8.01. The molecule has 1 aliphatic carbocycles. The number of likely N-dealkylation sites (tertiary alicyclic amines) is 1. The summed E-state index contributed by atoms with van der Waals surface area (Å²) in [7, 11) is 4.26. The zero-order chi connectivity index (χ0) is 11.1. The van der Waals surface area contributed by atoms with E-state index in [1.165, 1.54) is 38.0 Å². The van der Waals surface area contributed by atoms with Gasteiger partial charge in [0.1, 0.15) is 5.82 Å². The molecule has 1 aliphatic heterocycles. The standard InChI is InChI=1S/C12H20N4/c1-15-6-5-9(8-15)11-7-12(14-16(11)2)13-10-3-4-10/h7,9-10H,3-6,8H2,1-2H3,(H,13,14). The molecule has 16 heavy (non-hydrogen) atoms. The summed E-state index contributed by atoms with van der Waals surface area (Å²) in [6.07, 6.45) is 3.87. The average molecular weight is 220 g/mol. The highest BCUT2D eigenvalue weighted by atomic mass is 15.3. The van der Waals surface area contributed by atoms with E-state index in [4.69, 9.17) is 0 Å². The molecule has 4 nitrogen and oxygen atoms in total. The zero-order valence-corrected chi connectivity index (χ0v) is 10.1. The van der Waals surface area contributed by atoms with E-state index in [0.717, 1.165) is 5.82 Å². The van der Waals surface area contributed by atoms with E-state index in [1.54, 1.807) is 0 Å². The van der Waals surface area contributed by atoms with Gasteiger partial charge in [-0.15, -0.1) is 0 Å². The third kappa shape index (κ3) is 1.94. The summed E-state index contributed by atoms with van der Waals surface area (Å²) < 4.78 is 2.05.